The fraction of sp³-hybridized carbons (Fsp3) is 0.158. The van der Waals surface area contributed by atoms with Crippen LogP contribution in [0.3, 0.4) is 0 Å². The molecular formula is C19H19N3O5. The predicted molar refractivity (Wildman–Crippen MR) is 101 cm³/mol. The van der Waals surface area contributed by atoms with Gasteiger partial charge in [-0.05, 0) is 29.8 Å². The molecule has 140 valence electrons. The number of amides is 2. The maximum absolute atomic E-state index is 11.9. The number of ether oxygens (including phenoxy) is 1. The lowest BCUT2D eigenvalue weighted by atomic mass is 10.2. The number of hydrogen-bond acceptors (Lipinski definition) is 5. The van der Waals surface area contributed by atoms with Gasteiger partial charge in [-0.2, -0.15) is 0 Å². The van der Waals surface area contributed by atoms with Crippen molar-refractivity contribution >= 4 is 29.3 Å². The van der Waals surface area contributed by atoms with Crippen LogP contribution < -0.4 is 15.4 Å². The van der Waals surface area contributed by atoms with E-state index in [1.807, 2.05) is 12.1 Å². The fourth-order valence-corrected chi connectivity index (χ4v) is 2.17. The van der Waals surface area contributed by atoms with Crippen molar-refractivity contribution in [2.45, 2.75) is 6.42 Å². The zero-order chi connectivity index (χ0) is 19.6. The van der Waals surface area contributed by atoms with Gasteiger partial charge in [0, 0.05) is 36.9 Å². The molecule has 0 saturated heterocycles. The van der Waals surface area contributed by atoms with Gasteiger partial charge in [-0.25, -0.2) is 0 Å². The number of rotatable bonds is 8. The molecule has 2 amide bonds. The maximum atomic E-state index is 11.9. The SMILES string of the molecule is COc1ccc(/C=C/C(=O)NCCC(=O)Nc2cccc([N+](=O)[O-])c2)cc1. The van der Waals surface area contributed by atoms with Gasteiger partial charge in [0.05, 0.1) is 12.0 Å². The quantitative estimate of drug-likeness (QED) is 0.422. The van der Waals surface area contributed by atoms with Crippen LogP contribution in [0.4, 0.5) is 11.4 Å². The van der Waals surface area contributed by atoms with E-state index < -0.39 is 4.92 Å². The minimum Gasteiger partial charge on any atom is -0.497 e. The highest BCUT2D eigenvalue weighted by Crippen LogP contribution is 2.17. The Morgan fingerprint density at radius 2 is 1.93 bits per heavy atom. The van der Waals surface area contributed by atoms with E-state index in [1.165, 1.54) is 24.3 Å². The highest BCUT2D eigenvalue weighted by molar-refractivity contribution is 5.93. The van der Waals surface area contributed by atoms with E-state index in [9.17, 15) is 19.7 Å². The molecule has 0 aliphatic rings. The molecule has 2 aromatic rings. The zero-order valence-electron chi connectivity index (χ0n) is 14.7. The predicted octanol–water partition coefficient (Wildman–Crippen LogP) is 2.76. The lowest BCUT2D eigenvalue weighted by Crippen LogP contribution is -2.26. The van der Waals surface area contributed by atoms with Gasteiger partial charge in [0.2, 0.25) is 11.8 Å². The average molecular weight is 369 g/mol. The first-order valence-corrected chi connectivity index (χ1v) is 8.12. The number of hydrogen-bond donors (Lipinski definition) is 2. The molecule has 2 aromatic carbocycles. The molecule has 8 nitrogen and oxygen atoms in total. The van der Waals surface area contributed by atoms with E-state index in [4.69, 9.17) is 4.74 Å². The highest BCUT2D eigenvalue weighted by Gasteiger charge is 2.08. The number of nitro groups is 1. The molecule has 0 aliphatic carbocycles. The molecular weight excluding hydrogens is 350 g/mol. The van der Waals surface area contributed by atoms with E-state index in [0.29, 0.717) is 5.69 Å². The zero-order valence-corrected chi connectivity index (χ0v) is 14.7. The molecule has 27 heavy (non-hydrogen) atoms. The van der Waals surface area contributed by atoms with Gasteiger partial charge in [0.25, 0.3) is 5.69 Å². The number of benzene rings is 2. The van der Waals surface area contributed by atoms with Crippen molar-refractivity contribution in [2.24, 2.45) is 0 Å². The second kappa shape index (κ2) is 9.71. The largest absolute Gasteiger partial charge is 0.497 e. The number of carbonyl (C=O) groups is 2. The van der Waals surface area contributed by atoms with Gasteiger partial charge in [-0.3, -0.25) is 19.7 Å². The van der Waals surface area contributed by atoms with Crippen LogP contribution in [-0.4, -0.2) is 30.4 Å². The topological polar surface area (TPSA) is 111 Å². The van der Waals surface area contributed by atoms with Crippen molar-refractivity contribution in [1.29, 1.82) is 0 Å². The van der Waals surface area contributed by atoms with Crippen LogP contribution in [0.1, 0.15) is 12.0 Å². The first-order valence-electron chi connectivity index (χ1n) is 8.12. The first-order chi connectivity index (χ1) is 13.0. The Kier molecular flexibility index (Phi) is 7.07. The second-order valence-electron chi connectivity index (χ2n) is 5.50. The summed E-state index contributed by atoms with van der Waals surface area (Å²) in [7, 11) is 1.58. The van der Waals surface area contributed by atoms with Crippen LogP contribution in [0.15, 0.2) is 54.6 Å². The molecule has 0 radical (unpaired) electrons. The van der Waals surface area contributed by atoms with Crippen molar-refractivity contribution < 1.29 is 19.2 Å². The minimum absolute atomic E-state index is 0.0464. The molecule has 8 heteroatoms. The van der Waals surface area contributed by atoms with Crippen LogP contribution in [0.25, 0.3) is 6.08 Å². The molecule has 0 spiro atoms. The molecule has 0 saturated carbocycles. The van der Waals surface area contributed by atoms with E-state index in [0.717, 1.165) is 11.3 Å². The molecule has 2 rings (SSSR count). The highest BCUT2D eigenvalue weighted by atomic mass is 16.6. The van der Waals surface area contributed by atoms with E-state index in [-0.39, 0.29) is 30.5 Å². The lowest BCUT2D eigenvalue weighted by Gasteiger charge is -2.05. The Morgan fingerprint density at radius 3 is 2.59 bits per heavy atom. The van der Waals surface area contributed by atoms with E-state index in [1.54, 1.807) is 31.4 Å². The number of carbonyl (C=O) groups excluding carboxylic acids is 2. The van der Waals surface area contributed by atoms with E-state index >= 15 is 0 Å². The summed E-state index contributed by atoms with van der Waals surface area (Å²) in [6.45, 7) is 0.145. The molecule has 0 bridgehead atoms. The third-order valence-electron chi connectivity index (χ3n) is 3.53. The van der Waals surface area contributed by atoms with Gasteiger partial charge in [-0.1, -0.05) is 18.2 Å². The molecule has 0 atom stereocenters. The summed E-state index contributed by atoms with van der Waals surface area (Å²) in [6, 6.07) is 12.9. The van der Waals surface area contributed by atoms with Gasteiger partial charge in [-0.15, -0.1) is 0 Å². The Balaban J connectivity index is 1.75. The molecule has 0 aromatic heterocycles. The van der Waals surface area contributed by atoms with Crippen molar-refractivity contribution in [3.63, 3.8) is 0 Å². The van der Waals surface area contributed by atoms with Crippen LogP contribution >= 0.6 is 0 Å². The first kappa shape index (κ1) is 19.6. The standard InChI is InChI=1S/C19H19N3O5/c1-27-17-8-5-14(6-9-17)7-10-18(23)20-12-11-19(24)21-15-3-2-4-16(13-15)22(25)26/h2-10,13H,11-12H2,1H3,(H,20,23)(H,21,24)/b10-7+. The maximum Gasteiger partial charge on any atom is 0.271 e. The molecule has 0 heterocycles. The Bertz CT molecular complexity index is 847. The smallest absolute Gasteiger partial charge is 0.271 e. The van der Waals surface area contributed by atoms with Crippen molar-refractivity contribution in [1.82, 2.24) is 5.32 Å². The summed E-state index contributed by atoms with van der Waals surface area (Å²) in [5.41, 5.74) is 1.07. The van der Waals surface area contributed by atoms with Crippen LogP contribution in [0.5, 0.6) is 5.75 Å². The molecule has 0 fully saturated rings. The number of nitro benzene ring substituents is 1. The summed E-state index contributed by atoms with van der Waals surface area (Å²) in [6.07, 6.45) is 3.07. The lowest BCUT2D eigenvalue weighted by molar-refractivity contribution is -0.384. The van der Waals surface area contributed by atoms with E-state index in [2.05, 4.69) is 10.6 Å². The number of nitrogens with zero attached hydrogens (tertiary/aromatic N) is 1. The summed E-state index contributed by atoms with van der Waals surface area (Å²) in [4.78, 5) is 33.8. The normalized spacial score (nSPS) is 10.4. The van der Waals surface area contributed by atoms with Crippen LogP contribution in [0, 0.1) is 10.1 Å². The summed E-state index contributed by atoms with van der Waals surface area (Å²) < 4.78 is 5.06. The number of anilines is 1. The molecule has 0 unspecified atom stereocenters. The fourth-order valence-electron chi connectivity index (χ4n) is 2.17. The summed E-state index contributed by atoms with van der Waals surface area (Å²) in [5.74, 6) is 0.0512. The number of non-ortho nitro benzene ring substituents is 1. The monoisotopic (exact) mass is 369 g/mol. The number of methoxy groups -OCH3 is 1. The van der Waals surface area contributed by atoms with Crippen LogP contribution in [0.2, 0.25) is 0 Å². The second-order valence-corrected chi connectivity index (χ2v) is 5.50. The van der Waals surface area contributed by atoms with Gasteiger partial charge < -0.3 is 15.4 Å². The molecule has 0 aliphatic heterocycles. The average Bonchev–Trinajstić information content (AvgIpc) is 2.67. The molecule has 2 N–H and O–H groups in total. The van der Waals surface area contributed by atoms with Crippen LogP contribution in [-0.2, 0) is 9.59 Å². The van der Waals surface area contributed by atoms with Crippen molar-refractivity contribution in [3.8, 4) is 5.75 Å². The third-order valence-corrected chi connectivity index (χ3v) is 3.53. The Morgan fingerprint density at radius 1 is 1.19 bits per heavy atom. The summed E-state index contributed by atoms with van der Waals surface area (Å²) in [5, 5.41) is 15.9. The van der Waals surface area contributed by atoms with Crippen molar-refractivity contribution in [3.05, 3.63) is 70.3 Å². The third kappa shape index (κ3) is 6.62. The van der Waals surface area contributed by atoms with Gasteiger partial charge in [0.1, 0.15) is 5.75 Å². The van der Waals surface area contributed by atoms with Crippen molar-refractivity contribution in [2.75, 3.05) is 19.0 Å². The minimum atomic E-state index is -0.537. The van der Waals surface area contributed by atoms with Gasteiger partial charge >= 0.3 is 0 Å². The summed E-state index contributed by atoms with van der Waals surface area (Å²) >= 11 is 0. The Labute approximate surface area is 156 Å². The number of nitrogens with one attached hydrogen (secondary N) is 2. The Hall–Kier alpha value is -3.68. The van der Waals surface area contributed by atoms with Gasteiger partial charge in [0.15, 0.2) is 0 Å².